The summed E-state index contributed by atoms with van der Waals surface area (Å²) in [5.74, 6) is 0.985. The number of anilines is 1. The molecule has 1 aliphatic carbocycles. The Bertz CT molecular complexity index is 383. The van der Waals surface area contributed by atoms with E-state index in [2.05, 4.69) is 14.9 Å². The van der Waals surface area contributed by atoms with E-state index in [0.717, 1.165) is 25.6 Å². The van der Waals surface area contributed by atoms with E-state index in [0.29, 0.717) is 6.10 Å². The molecule has 1 saturated carbocycles. The molecule has 0 atom stereocenters. The van der Waals surface area contributed by atoms with E-state index >= 15 is 0 Å². The van der Waals surface area contributed by atoms with Crippen LogP contribution < -0.4 is 10.2 Å². The van der Waals surface area contributed by atoms with Crippen LogP contribution in [0.1, 0.15) is 31.4 Å². The first kappa shape index (κ1) is 14.3. The number of nitrogens with zero attached hydrogens (tertiary/aromatic N) is 3. The average Bonchev–Trinajstić information content (AvgIpc) is 2.99. The number of ether oxygens (including phenoxy) is 1. The maximum absolute atomic E-state index is 5.82. The standard InChI is InChI=1S/C14H26N4O/c1-17(2)14-16-11-12(18(14)3)10-15-8-9-19-13-6-4-5-7-13/h11,13,15H,4-10H2,1-3H3. The number of nitrogens with one attached hydrogen (secondary N) is 1. The molecule has 0 bridgehead atoms. The van der Waals surface area contributed by atoms with Crippen LogP contribution in [0, 0.1) is 0 Å². The topological polar surface area (TPSA) is 42.3 Å². The Hall–Kier alpha value is -1.07. The van der Waals surface area contributed by atoms with Crippen molar-refractivity contribution < 1.29 is 4.74 Å². The summed E-state index contributed by atoms with van der Waals surface area (Å²) in [5, 5.41) is 3.41. The highest BCUT2D eigenvalue weighted by molar-refractivity contribution is 5.30. The molecular formula is C14H26N4O. The lowest BCUT2D eigenvalue weighted by atomic mass is 10.3. The predicted octanol–water partition coefficient (Wildman–Crippen LogP) is 1.53. The van der Waals surface area contributed by atoms with Gasteiger partial charge in [-0.05, 0) is 12.8 Å². The molecule has 108 valence electrons. The molecule has 1 N–H and O–H groups in total. The van der Waals surface area contributed by atoms with Crippen LogP contribution in [0.3, 0.4) is 0 Å². The van der Waals surface area contributed by atoms with E-state index in [1.54, 1.807) is 0 Å². The molecule has 1 aromatic heterocycles. The van der Waals surface area contributed by atoms with Crippen molar-refractivity contribution >= 4 is 5.95 Å². The highest BCUT2D eigenvalue weighted by Gasteiger charge is 2.14. The van der Waals surface area contributed by atoms with E-state index in [1.165, 1.54) is 31.4 Å². The lowest BCUT2D eigenvalue weighted by Gasteiger charge is -2.13. The molecule has 5 heteroatoms. The molecule has 1 fully saturated rings. The maximum atomic E-state index is 5.82. The molecule has 1 heterocycles. The van der Waals surface area contributed by atoms with Gasteiger partial charge in [0, 0.05) is 34.2 Å². The largest absolute Gasteiger partial charge is 0.377 e. The highest BCUT2D eigenvalue weighted by atomic mass is 16.5. The zero-order chi connectivity index (χ0) is 13.7. The van der Waals surface area contributed by atoms with Crippen LogP contribution in [0.4, 0.5) is 5.95 Å². The van der Waals surface area contributed by atoms with Crippen LogP contribution >= 0.6 is 0 Å². The summed E-state index contributed by atoms with van der Waals surface area (Å²) in [4.78, 5) is 6.42. The number of aromatic nitrogens is 2. The molecule has 0 saturated heterocycles. The summed E-state index contributed by atoms with van der Waals surface area (Å²) < 4.78 is 7.94. The Kier molecular flexibility index (Phi) is 5.22. The lowest BCUT2D eigenvalue weighted by Crippen LogP contribution is -2.23. The molecule has 0 unspecified atom stereocenters. The fraction of sp³-hybridized carbons (Fsp3) is 0.786. The monoisotopic (exact) mass is 266 g/mol. The van der Waals surface area contributed by atoms with Crippen LogP contribution in [0.2, 0.25) is 0 Å². The van der Waals surface area contributed by atoms with Gasteiger partial charge in [0.25, 0.3) is 0 Å². The van der Waals surface area contributed by atoms with Gasteiger partial charge in [0.15, 0.2) is 0 Å². The second kappa shape index (κ2) is 6.91. The fourth-order valence-corrected chi connectivity index (χ4v) is 2.58. The average molecular weight is 266 g/mol. The number of imidazole rings is 1. The molecule has 0 spiro atoms. The van der Waals surface area contributed by atoms with E-state index in [1.807, 2.05) is 32.2 Å². The van der Waals surface area contributed by atoms with Gasteiger partial charge in [-0.3, -0.25) is 0 Å². The van der Waals surface area contributed by atoms with Crippen LogP contribution in [-0.4, -0.2) is 42.9 Å². The second-order valence-electron chi connectivity index (χ2n) is 5.46. The Morgan fingerprint density at radius 1 is 1.42 bits per heavy atom. The Balaban J connectivity index is 1.65. The van der Waals surface area contributed by atoms with Crippen molar-refractivity contribution in [1.82, 2.24) is 14.9 Å². The molecular weight excluding hydrogens is 240 g/mol. The van der Waals surface area contributed by atoms with Crippen LogP contribution in [0.15, 0.2) is 6.20 Å². The smallest absolute Gasteiger partial charge is 0.204 e. The fourth-order valence-electron chi connectivity index (χ4n) is 2.58. The quantitative estimate of drug-likeness (QED) is 0.760. The van der Waals surface area contributed by atoms with Gasteiger partial charge < -0.3 is 19.5 Å². The van der Waals surface area contributed by atoms with E-state index < -0.39 is 0 Å². The summed E-state index contributed by atoms with van der Waals surface area (Å²) in [6.45, 7) is 2.55. The Labute approximate surface area is 116 Å². The normalized spacial score (nSPS) is 16.2. The molecule has 0 aliphatic heterocycles. The van der Waals surface area contributed by atoms with Crippen molar-refractivity contribution in [3.05, 3.63) is 11.9 Å². The Morgan fingerprint density at radius 3 is 2.79 bits per heavy atom. The van der Waals surface area contributed by atoms with Crippen LogP contribution in [-0.2, 0) is 18.3 Å². The van der Waals surface area contributed by atoms with Gasteiger partial charge in [0.05, 0.1) is 24.6 Å². The molecule has 2 rings (SSSR count). The van der Waals surface area contributed by atoms with Crippen molar-refractivity contribution in [2.45, 2.75) is 38.3 Å². The summed E-state index contributed by atoms with van der Waals surface area (Å²) in [5.41, 5.74) is 1.20. The summed E-state index contributed by atoms with van der Waals surface area (Å²) in [7, 11) is 6.07. The predicted molar refractivity (Wildman–Crippen MR) is 77.4 cm³/mol. The second-order valence-corrected chi connectivity index (χ2v) is 5.46. The summed E-state index contributed by atoms with van der Waals surface area (Å²) >= 11 is 0. The van der Waals surface area contributed by atoms with Gasteiger partial charge in [-0.1, -0.05) is 12.8 Å². The minimum atomic E-state index is 0.513. The van der Waals surface area contributed by atoms with Crippen molar-refractivity contribution in [2.75, 3.05) is 32.1 Å². The third-order valence-electron chi connectivity index (χ3n) is 3.70. The first-order valence-electron chi connectivity index (χ1n) is 7.18. The van der Waals surface area contributed by atoms with Gasteiger partial charge in [-0.25, -0.2) is 4.98 Å². The first-order valence-corrected chi connectivity index (χ1v) is 7.18. The Morgan fingerprint density at radius 2 is 2.16 bits per heavy atom. The van der Waals surface area contributed by atoms with E-state index in [4.69, 9.17) is 4.74 Å². The molecule has 5 nitrogen and oxygen atoms in total. The number of hydrogen-bond acceptors (Lipinski definition) is 4. The zero-order valence-corrected chi connectivity index (χ0v) is 12.4. The number of hydrogen-bond donors (Lipinski definition) is 1. The van der Waals surface area contributed by atoms with Gasteiger partial charge in [-0.2, -0.15) is 0 Å². The minimum Gasteiger partial charge on any atom is -0.377 e. The summed E-state index contributed by atoms with van der Waals surface area (Å²) in [6, 6.07) is 0. The van der Waals surface area contributed by atoms with Crippen molar-refractivity contribution in [3.8, 4) is 0 Å². The SMILES string of the molecule is CN(C)c1ncc(CNCCOC2CCCC2)n1C. The molecule has 1 aliphatic rings. The van der Waals surface area contributed by atoms with Crippen molar-refractivity contribution in [1.29, 1.82) is 0 Å². The molecule has 0 aromatic carbocycles. The van der Waals surface area contributed by atoms with Crippen molar-refractivity contribution in [2.24, 2.45) is 7.05 Å². The van der Waals surface area contributed by atoms with E-state index in [-0.39, 0.29) is 0 Å². The van der Waals surface area contributed by atoms with Gasteiger partial charge in [-0.15, -0.1) is 0 Å². The highest BCUT2D eigenvalue weighted by Crippen LogP contribution is 2.20. The third-order valence-corrected chi connectivity index (χ3v) is 3.70. The van der Waals surface area contributed by atoms with Gasteiger partial charge in [0.1, 0.15) is 0 Å². The van der Waals surface area contributed by atoms with E-state index in [9.17, 15) is 0 Å². The van der Waals surface area contributed by atoms with Gasteiger partial charge in [0.2, 0.25) is 5.95 Å². The van der Waals surface area contributed by atoms with Crippen LogP contribution in [0.25, 0.3) is 0 Å². The van der Waals surface area contributed by atoms with Crippen LogP contribution in [0.5, 0.6) is 0 Å². The molecule has 1 aromatic rings. The van der Waals surface area contributed by atoms with Crippen molar-refractivity contribution in [3.63, 3.8) is 0 Å². The molecule has 0 radical (unpaired) electrons. The summed E-state index contributed by atoms with van der Waals surface area (Å²) in [6.07, 6.45) is 7.60. The van der Waals surface area contributed by atoms with Gasteiger partial charge >= 0.3 is 0 Å². The third kappa shape index (κ3) is 3.94. The number of rotatable bonds is 7. The minimum absolute atomic E-state index is 0.513. The zero-order valence-electron chi connectivity index (χ0n) is 12.4. The first-order chi connectivity index (χ1) is 9.18. The lowest BCUT2D eigenvalue weighted by molar-refractivity contribution is 0.0602. The maximum Gasteiger partial charge on any atom is 0.204 e. The molecule has 19 heavy (non-hydrogen) atoms. The molecule has 0 amide bonds.